The van der Waals surface area contributed by atoms with E-state index in [4.69, 9.17) is 0 Å². The minimum Gasteiger partial charge on any atom is -0.348 e. The molecule has 1 aliphatic heterocycles. The van der Waals surface area contributed by atoms with Gasteiger partial charge in [-0.25, -0.2) is 0 Å². The molecule has 0 aliphatic carbocycles. The number of rotatable bonds is 1. The van der Waals surface area contributed by atoms with E-state index in [2.05, 4.69) is 16.6 Å². The molecule has 0 bridgehead atoms. The summed E-state index contributed by atoms with van der Waals surface area (Å²) >= 11 is 0. The first-order valence-electron chi connectivity index (χ1n) is 1.46. The van der Waals surface area contributed by atoms with Crippen molar-refractivity contribution in [2.45, 2.75) is 6.29 Å². The lowest BCUT2D eigenvalue weighted by Gasteiger charge is -1.76. The summed E-state index contributed by atoms with van der Waals surface area (Å²) in [5, 5.41) is 0. The van der Waals surface area contributed by atoms with Gasteiger partial charge in [-0.3, -0.25) is 0 Å². The third kappa shape index (κ3) is 0.597. The largest absolute Gasteiger partial charge is 0.348 e. The lowest BCUT2D eigenvalue weighted by molar-refractivity contribution is 0.125. The Labute approximate surface area is 30.7 Å². The zero-order valence-electron chi connectivity index (χ0n) is 2.81. The van der Waals surface area contributed by atoms with Gasteiger partial charge in [0.05, 0.1) is 7.11 Å². The minimum atomic E-state index is 0.0231. The quantitative estimate of drug-likeness (QED) is 0.412. The predicted octanol–water partition coefficient (Wildman–Crippen LogP) is 0.151. The summed E-state index contributed by atoms with van der Waals surface area (Å²) in [6, 6.07) is 0. The normalized spacial score (nSPS) is 34.2. The number of ether oxygens (including phenoxy) is 2. The van der Waals surface area contributed by atoms with Gasteiger partial charge in [-0.2, -0.15) is 0 Å². The molecule has 0 spiro atoms. The molecule has 1 heterocycles. The van der Waals surface area contributed by atoms with Gasteiger partial charge < -0.3 is 9.47 Å². The van der Waals surface area contributed by atoms with Crippen LogP contribution in [0.25, 0.3) is 0 Å². The van der Waals surface area contributed by atoms with Crippen LogP contribution in [0.1, 0.15) is 0 Å². The summed E-state index contributed by atoms with van der Waals surface area (Å²) < 4.78 is 8.96. The van der Waals surface area contributed by atoms with Crippen LogP contribution >= 0.6 is 0 Å². The highest BCUT2D eigenvalue weighted by atomic mass is 16.8. The Hall–Kier alpha value is -0.0800. The average molecular weight is 73.1 g/mol. The van der Waals surface area contributed by atoms with Gasteiger partial charge in [-0.1, -0.05) is 0 Å². The van der Waals surface area contributed by atoms with E-state index < -0.39 is 0 Å². The molecule has 1 rings (SSSR count). The first-order chi connectivity index (χ1) is 2.43. The molecule has 5 heavy (non-hydrogen) atoms. The average Bonchev–Trinajstić information content (AvgIpc) is 2.12. The monoisotopic (exact) mass is 73.0 g/mol. The molecule has 0 amide bonds. The van der Waals surface area contributed by atoms with Gasteiger partial charge in [0.25, 0.3) is 0 Å². The zero-order valence-corrected chi connectivity index (χ0v) is 2.81. The molecule has 0 N–H and O–H groups in total. The van der Waals surface area contributed by atoms with Crippen molar-refractivity contribution < 1.29 is 9.47 Å². The molecule has 1 aliphatic rings. The van der Waals surface area contributed by atoms with E-state index in [0.29, 0.717) is 0 Å². The van der Waals surface area contributed by atoms with Gasteiger partial charge in [-0.05, 0) is 0 Å². The van der Waals surface area contributed by atoms with Gasteiger partial charge in [0.1, 0.15) is 6.61 Å². The fourth-order valence-electron chi connectivity index (χ4n) is 0.136. The summed E-state index contributed by atoms with van der Waals surface area (Å²) in [6.07, 6.45) is 0.0231. The Kier molecular flexibility index (Phi) is 0.596. The topological polar surface area (TPSA) is 21.8 Å². The fraction of sp³-hybridized carbons (Fsp3) is 0.667. The minimum absolute atomic E-state index is 0.0231. The molecule has 1 fully saturated rings. The van der Waals surface area contributed by atoms with Crippen molar-refractivity contribution in [3.05, 3.63) is 7.11 Å². The van der Waals surface area contributed by atoms with Crippen molar-refractivity contribution in [3.63, 3.8) is 0 Å². The second kappa shape index (κ2) is 0.954. The molecule has 0 saturated carbocycles. The van der Waals surface area contributed by atoms with E-state index in [1.54, 1.807) is 0 Å². The molecule has 2 heteroatoms. The van der Waals surface area contributed by atoms with Gasteiger partial charge in [0, 0.05) is 0 Å². The Bertz CT molecular complexity index is 31.9. The molecule has 29 valence electrons. The summed E-state index contributed by atoms with van der Waals surface area (Å²) in [7, 11) is 3.12. The lowest BCUT2D eigenvalue weighted by Crippen LogP contribution is -1.80. The van der Waals surface area contributed by atoms with Crippen LogP contribution in [0.3, 0.4) is 0 Å². The Morgan fingerprint density at radius 2 is 2.60 bits per heavy atom. The van der Waals surface area contributed by atoms with Crippen LogP contribution < -0.4 is 0 Å². The number of hydrogen-bond acceptors (Lipinski definition) is 2. The van der Waals surface area contributed by atoms with Crippen molar-refractivity contribution in [2.75, 3.05) is 6.61 Å². The second-order valence-corrected chi connectivity index (χ2v) is 0.930. The molecule has 2 nitrogen and oxygen atoms in total. The molecule has 0 aromatic rings. The van der Waals surface area contributed by atoms with E-state index in [-0.39, 0.29) is 6.29 Å². The standard InChI is InChI=1S/C3H5O2/c1-4-3-2-5-3/h3H,1-2H2. The van der Waals surface area contributed by atoms with Crippen LogP contribution in [-0.4, -0.2) is 12.9 Å². The van der Waals surface area contributed by atoms with Crippen LogP contribution in [0.15, 0.2) is 0 Å². The lowest BCUT2D eigenvalue weighted by atomic mass is 10.9. The molecular formula is C3H5O2. The molecule has 0 aromatic heterocycles. The van der Waals surface area contributed by atoms with Crippen molar-refractivity contribution in [3.8, 4) is 0 Å². The summed E-state index contributed by atoms with van der Waals surface area (Å²) in [5.41, 5.74) is 0. The SMILES string of the molecule is [CH2]OC1CO1. The molecule has 1 radical (unpaired) electrons. The number of hydrogen-bond donors (Lipinski definition) is 0. The van der Waals surface area contributed by atoms with Gasteiger partial charge >= 0.3 is 0 Å². The van der Waals surface area contributed by atoms with Gasteiger partial charge in [0.15, 0.2) is 6.29 Å². The van der Waals surface area contributed by atoms with Crippen LogP contribution in [0, 0.1) is 7.11 Å². The maximum Gasteiger partial charge on any atom is 0.181 e. The second-order valence-electron chi connectivity index (χ2n) is 0.930. The molecular weight excluding hydrogens is 68.0 g/mol. The van der Waals surface area contributed by atoms with E-state index in [9.17, 15) is 0 Å². The Morgan fingerprint density at radius 3 is 2.60 bits per heavy atom. The van der Waals surface area contributed by atoms with E-state index >= 15 is 0 Å². The fourth-order valence-corrected chi connectivity index (χ4v) is 0.136. The van der Waals surface area contributed by atoms with E-state index in [1.807, 2.05) is 0 Å². The van der Waals surface area contributed by atoms with E-state index in [1.165, 1.54) is 0 Å². The third-order valence-electron chi connectivity index (χ3n) is 0.489. The van der Waals surface area contributed by atoms with Crippen LogP contribution in [0.2, 0.25) is 0 Å². The molecule has 1 unspecified atom stereocenters. The number of epoxide rings is 1. The van der Waals surface area contributed by atoms with Crippen molar-refractivity contribution in [1.29, 1.82) is 0 Å². The first-order valence-corrected chi connectivity index (χ1v) is 1.46. The molecule has 1 saturated heterocycles. The molecule has 1 atom stereocenters. The highest BCUT2D eigenvalue weighted by Crippen LogP contribution is 2.07. The zero-order chi connectivity index (χ0) is 3.70. The third-order valence-corrected chi connectivity index (χ3v) is 0.489. The highest BCUT2D eigenvalue weighted by molar-refractivity contribution is 4.52. The van der Waals surface area contributed by atoms with Gasteiger partial charge in [0.2, 0.25) is 0 Å². The summed E-state index contributed by atoms with van der Waals surface area (Å²) in [6.45, 7) is 0.726. The van der Waals surface area contributed by atoms with Gasteiger partial charge in [-0.15, -0.1) is 0 Å². The highest BCUT2D eigenvalue weighted by Gasteiger charge is 2.20. The Balaban J connectivity index is 2.00. The van der Waals surface area contributed by atoms with Crippen molar-refractivity contribution in [2.24, 2.45) is 0 Å². The maximum atomic E-state index is 4.57. The van der Waals surface area contributed by atoms with Crippen molar-refractivity contribution in [1.82, 2.24) is 0 Å². The van der Waals surface area contributed by atoms with Crippen LogP contribution in [-0.2, 0) is 9.47 Å². The first kappa shape index (κ1) is 3.12. The Morgan fingerprint density at radius 1 is 2.00 bits per heavy atom. The van der Waals surface area contributed by atoms with Crippen LogP contribution in [0.4, 0.5) is 0 Å². The summed E-state index contributed by atoms with van der Waals surface area (Å²) in [5.74, 6) is 0. The van der Waals surface area contributed by atoms with Crippen molar-refractivity contribution >= 4 is 0 Å². The predicted molar refractivity (Wildman–Crippen MR) is 16.2 cm³/mol. The summed E-state index contributed by atoms with van der Waals surface area (Å²) in [4.78, 5) is 0. The molecule has 0 aromatic carbocycles. The smallest absolute Gasteiger partial charge is 0.181 e. The van der Waals surface area contributed by atoms with Crippen LogP contribution in [0.5, 0.6) is 0 Å². The maximum absolute atomic E-state index is 4.57. The van der Waals surface area contributed by atoms with E-state index in [0.717, 1.165) is 6.61 Å².